The Labute approximate surface area is 139 Å². The second-order valence-corrected chi connectivity index (χ2v) is 5.44. The number of benzene rings is 1. The van der Waals surface area contributed by atoms with Crippen LogP contribution in [0.2, 0.25) is 5.02 Å². The Morgan fingerprint density at radius 1 is 1.22 bits per heavy atom. The van der Waals surface area contributed by atoms with Gasteiger partial charge < -0.3 is 4.57 Å². The third kappa shape index (κ3) is 3.27. The van der Waals surface area contributed by atoms with Gasteiger partial charge in [0.2, 0.25) is 0 Å². The zero-order valence-corrected chi connectivity index (χ0v) is 13.4. The molecular formula is C18H16ClN3O. The van der Waals surface area contributed by atoms with E-state index in [2.05, 4.69) is 5.10 Å². The number of aromatic nitrogens is 3. The van der Waals surface area contributed by atoms with E-state index < -0.39 is 0 Å². The van der Waals surface area contributed by atoms with Crippen LogP contribution in [0, 0.1) is 0 Å². The monoisotopic (exact) mass is 325 g/mol. The predicted molar refractivity (Wildman–Crippen MR) is 92.0 cm³/mol. The second kappa shape index (κ2) is 6.67. The third-order valence-corrected chi connectivity index (χ3v) is 3.87. The zero-order valence-electron chi connectivity index (χ0n) is 12.7. The number of aryl methyl sites for hydroxylation is 1. The molecule has 3 rings (SSSR count). The van der Waals surface area contributed by atoms with Gasteiger partial charge in [0.25, 0.3) is 0 Å². The highest BCUT2D eigenvalue weighted by Crippen LogP contribution is 2.17. The Balaban J connectivity index is 1.78. The first-order chi connectivity index (χ1) is 11.2. The van der Waals surface area contributed by atoms with Gasteiger partial charge in [-0.05, 0) is 55.5 Å². The largest absolute Gasteiger partial charge is 0.324 e. The first-order valence-corrected chi connectivity index (χ1v) is 7.74. The van der Waals surface area contributed by atoms with E-state index in [4.69, 9.17) is 11.6 Å². The number of nitrogens with zero attached hydrogens (tertiary/aromatic N) is 3. The smallest absolute Gasteiger partial charge is 0.185 e. The molecule has 116 valence electrons. The van der Waals surface area contributed by atoms with E-state index in [0.29, 0.717) is 17.1 Å². The summed E-state index contributed by atoms with van der Waals surface area (Å²) in [5.41, 5.74) is 2.39. The van der Waals surface area contributed by atoms with Crippen molar-refractivity contribution < 1.29 is 4.79 Å². The van der Waals surface area contributed by atoms with Crippen molar-refractivity contribution >= 4 is 23.5 Å². The van der Waals surface area contributed by atoms with Gasteiger partial charge >= 0.3 is 0 Å². The van der Waals surface area contributed by atoms with Crippen molar-refractivity contribution in [3.63, 3.8) is 0 Å². The van der Waals surface area contributed by atoms with Crippen LogP contribution in [0.3, 0.4) is 0 Å². The Morgan fingerprint density at radius 2 is 1.91 bits per heavy atom. The van der Waals surface area contributed by atoms with E-state index in [9.17, 15) is 4.79 Å². The molecule has 0 bridgehead atoms. The Kier molecular flexibility index (Phi) is 4.44. The second-order valence-electron chi connectivity index (χ2n) is 5.03. The van der Waals surface area contributed by atoms with Crippen molar-refractivity contribution in [1.29, 1.82) is 0 Å². The van der Waals surface area contributed by atoms with Crippen molar-refractivity contribution in [1.82, 2.24) is 14.3 Å². The maximum absolute atomic E-state index is 12.3. The summed E-state index contributed by atoms with van der Waals surface area (Å²) in [7, 11) is 0. The summed E-state index contributed by atoms with van der Waals surface area (Å²) < 4.78 is 3.74. The number of ketones is 1. The van der Waals surface area contributed by atoms with Crippen LogP contribution >= 0.6 is 11.6 Å². The molecule has 23 heavy (non-hydrogen) atoms. The number of hydrogen-bond donors (Lipinski definition) is 0. The van der Waals surface area contributed by atoms with Crippen LogP contribution in [-0.4, -0.2) is 20.1 Å². The Hall–Kier alpha value is -2.59. The minimum atomic E-state index is -0.0658. The molecule has 0 spiro atoms. The maximum Gasteiger partial charge on any atom is 0.185 e. The number of rotatable bonds is 5. The van der Waals surface area contributed by atoms with Crippen LogP contribution in [0.15, 0.2) is 61.1 Å². The Bertz CT molecular complexity index is 830. The number of halogens is 1. The third-order valence-electron chi connectivity index (χ3n) is 3.58. The molecule has 0 aliphatic heterocycles. The highest BCUT2D eigenvalue weighted by Gasteiger charge is 2.06. The summed E-state index contributed by atoms with van der Waals surface area (Å²) >= 11 is 6.08. The van der Waals surface area contributed by atoms with Crippen molar-refractivity contribution in [2.24, 2.45) is 0 Å². The minimum Gasteiger partial charge on any atom is -0.324 e. The molecule has 0 saturated heterocycles. The van der Waals surface area contributed by atoms with Gasteiger partial charge in [0.15, 0.2) is 5.78 Å². The summed E-state index contributed by atoms with van der Waals surface area (Å²) in [6.45, 7) is 2.68. The fourth-order valence-corrected chi connectivity index (χ4v) is 2.55. The summed E-state index contributed by atoms with van der Waals surface area (Å²) in [6.07, 6.45) is 8.75. The summed E-state index contributed by atoms with van der Waals surface area (Å²) in [5.74, 6) is -0.0658. The maximum atomic E-state index is 12.3. The van der Waals surface area contributed by atoms with Gasteiger partial charge in [-0.3, -0.25) is 9.48 Å². The van der Waals surface area contributed by atoms with Crippen LogP contribution in [0.1, 0.15) is 23.0 Å². The molecule has 5 heteroatoms. The first-order valence-electron chi connectivity index (χ1n) is 7.36. The molecule has 0 saturated carbocycles. The predicted octanol–water partition coefficient (Wildman–Crippen LogP) is 4.24. The van der Waals surface area contributed by atoms with Gasteiger partial charge in [0, 0.05) is 30.2 Å². The van der Waals surface area contributed by atoms with Gasteiger partial charge in [-0.1, -0.05) is 11.6 Å². The zero-order chi connectivity index (χ0) is 16.2. The van der Waals surface area contributed by atoms with Crippen molar-refractivity contribution in [3.8, 4) is 5.69 Å². The molecule has 0 N–H and O–H groups in total. The number of carbonyl (C=O) groups excluding carboxylic acids is 1. The summed E-state index contributed by atoms with van der Waals surface area (Å²) in [6, 6.07) is 11.4. The minimum absolute atomic E-state index is 0.0658. The fraction of sp³-hybridized carbons (Fsp3) is 0.111. The highest BCUT2D eigenvalue weighted by molar-refractivity contribution is 6.31. The number of hydrogen-bond acceptors (Lipinski definition) is 2. The quantitative estimate of drug-likeness (QED) is 0.520. The van der Waals surface area contributed by atoms with Gasteiger partial charge in [-0.25, -0.2) is 0 Å². The van der Waals surface area contributed by atoms with E-state index in [1.54, 1.807) is 17.0 Å². The van der Waals surface area contributed by atoms with E-state index >= 15 is 0 Å². The van der Waals surface area contributed by atoms with Crippen LogP contribution < -0.4 is 0 Å². The summed E-state index contributed by atoms with van der Waals surface area (Å²) in [4.78, 5) is 12.3. The molecule has 0 radical (unpaired) electrons. The molecule has 0 amide bonds. The average Bonchev–Trinajstić information content (AvgIpc) is 3.22. The lowest BCUT2D eigenvalue weighted by Gasteiger charge is -2.03. The van der Waals surface area contributed by atoms with Crippen LogP contribution in [0.4, 0.5) is 0 Å². The molecule has 4 nitrogen and oxygen atoms in total. The number of allylic oxidation sites excluding steroid dienone is 1. The molecule has 2 aromatic heterocycles. The fourth-order valence-electron chi connectivity index (χ4n) is 2.34. The molecule has 3 aromatic rings. The van der Waals surface area contributed by atoms with E-state index in [0.717, 1.165) is 11.4 Å². The topological polar surface area (TPSA) is 39.8 Å². The van der Waals surface area contributed by atoms with Crippen molar-refractivity contribution in [3.05, 3.63) is 77.3 Å². The van der Waals surface area contributed by atoms with E-state index in [1.807, 2.05) is 60.3 Å². The molecular weight excluding hydrogens is 310 g/mol. The lowest BCUT2D eigenvalue weighted by atomic mass is 10.1. The molecule has 0 aliphatic carbocycles. The molecule has 2 heterocycles. The number of carbonyl (C=O) groups is 1. The Morgan fingerprint density at radius 3 is 2.57 bits per heavy atom. The molecule has 1 aromatic carbocycles. The first kappa shape index (κ1) is 15.3. The molecule has 0 fully saturated rings. The van der Waals surface area contributed by atoms with Crippen molar-refractivity contribution in [2.75, 3.05) is 0 Å². The van der Waals surface area contributed by atoms with Gasteiger partial charge in [-0.15, -0.1) is 0 Å². The van der Waals surface area contributed by atoms with Gasteiger partial charge in [0.05, 0.1) is 16.9 Å². The lowest BCUT2D eigenvalue weighted by Crippen LogP contribution is -2.00. The van der Waals surface area contributed by atoms with Crippen molar-refractivity contribution in [2.45, 2.75) is 13.5 Å². The van der Waals surface area contributed by atoms with Gasteiger partial charge in [0.1, 0.15) is 0 Å². The molecule has 0 aliphatic rings. The van der Waals surface area contributed by atoms with Crippen LogP contribution in [-0.2, 0) is 6.54 Å². The normalized spacial score (nSPS) is 11.2. The van der Waals surface area contributed by atoms with E-state index in [1.165, 1.54) is 6.08 Å². The SMILES string of the molecule is CCn1ncc(Cl)c1/C=C/C(=O)c1ccc(-n2cccc2)cc1. The van der Waals surface area contributed by atoms with Crippen LogP contribution in [0.5, 0.6) is 0 Å². The lowest BCUT2D eigenvalue weighted by molar-refractivity contribution is 0.104. The highest BCUT2D eigenvalue weighted by atomic mass is 35.5. The average molecular weight is 326 g/mol. The molecule has 0 atom stereocenters. The van der Waals surface area contributed by atoms with Crippen LogP contribution in [0.25, 0.3) is 11.8 Å². The van der Waals surface area contributed by atoms with E-state index in [-0.39, 0.29) is 5.78 Å². The van der Waals surface area contributed by atoms with Gasteiger partial charge in [-0.2, -0.15) is 5.10 Å². The molecule has 0 unspecified atom stereocenters. The summed E-state index contributed by atoms with van der Waals surface area (Å²) in [5, 5.41) is 4.69. The standard InChI is InChI=1S/C18H16ClN3O/c1-2-22-17(16(19)13-20-22)9-10-18(23)14-5-7-15(8-6-14)21-11-3-4-12-21/h3-13H,2H2,1H3/b10-9+.